The quantitative estimate of drug-likeness (QED) is 0.352. The van der Waals surface area contributed by atoms with Gasteiger partial charge < -0.3 is 4.74 Å². The van der Waals surface area contributed by atoms with E-state index in [0.717, 1.165) is 0 Å². The second-order valence-electron chi connectivity index (χ2n) is 2.37. The molecule has 0 spiro atoms. The number of nitroso groups, excluding NO2 is 1. The Labute approximate surface area is 68.5 Å². The zero-order valence-corrected chi connectivity index (χ0v) is 6.23. The molecule has 2 heterocycles. The zero-order valence-electron chi connectivity index (χ0n) is 6.23. The average Bonchev–Trinajstić information content (AvgIpc) is 2.46. The lowest BCUT2D eigenvalue weighted by Crippen LogP contribution is -2.14. The summed E-state index contributed by atoms with van der Waals surface area (Å²) in [7, 11) is 0. The van der Waals surface area contributed by atoms with Gasteiger partial charge in [0.25, 0.3) is 0 Å². The van der Waals surface area contributed by atoms with Gasteiger partial charge in [0.2, 0.25) is 0 Å². The van der Waals surface area contributed by atoms with Gasteiger partial charge in [-0.25, -0.2) is 5.84 Å². The summed E-state index contributed by atoms with van der Waals surface area (Å²) in [5.74, 6) is 5.10. The molecule has 2 radical (unpaired) electrons. The first-order valence-corrected chi connectivity index (χ1v) is 3.40. The van der Waals surface area contributed by atoms with Crippen LogP contribution in [0.4, 0.5) is 5.82 Å². The van der Waals surface area contributed by atoms with E-state index in [4.69, 9.17) is 10.6 Å². The number of fused-ring (bicyclic) bond motifs is 1. The van der Waals surface area contributed by atoms with Gasteiger partial charge in [0.1, 0.15) is 12.8 Å². The molecule has 0 amide bonds. The number of hydrazine groups is 1. The third-order valence-electron chi connectivity index (χ3n) is 1.54. The minimum Gasteiger partial charge on any atom is -0.445 e. The van der Waals surface area contributed by atoms with Crippen molar-refractivity contribution >= 4 is 5.82 Å². The summed E-state index contributed by atoms with van der Waals surface area (Å²) in [6.07, 6.45) is 4.45. The van der Waals surface area contributed by atoms with Crippen molar-refractivity contribution in [2.45, 2.75) is 6.54 Å². The second-order valence-corrected chi connectivity index (χ2v) is 2.37. The summed E-state index contributed by atoms with van der Waals surface area (Å²) in [5, 5.41) is 0. The van der Waals surface area contributed by atoms with Crippen LogP contribution in [0.5, 0.6) is 6.01 Å². The molecule has 2 rings (SSSR count). The molecule has 0 fully saturated rings. The minimum atomic E-state index is 0.147. The molecule has 1 aromatic heterocycles. The van der Waals surface area contributed by atoms with E-state index in [1.807, 2.05) is 0 Å². The van der Waals surface area contributed by atoms with Crippen LogP contribution in [0.15, 0.2) is 6.20 Å². The molecule has 0 aromatic carbocycles. The minimum absolute atomic E-state index is 0.147. The predicted octanol–water partition coefficient (Wildman–Crippen LogP) is -0.359. The van der Waals surface area contributed by atoms with Gasteiger partial charge in [-0.15, -0.1) is 0 Å². The molecule has 2 N–H and O–H groups in total. The first-order chi connectivity index (χ1) is 5.77. The highest BCUT2D eigenvalue weighted by atomic mass is 16.5. The van der Waals surface area contributed by atoms with Crippen molar-refractivity contribution in [3.05, 3.63) is 17.5 Å². The van der Waals surface area contributed by atoms with Crippen LogP contribution in [0.2, 0.25) is 0 Å². The molecule has 1 aromatic rings. The summed E-state index contributed by atoms with van der Waals surface area (Å²) in [6, 6.07) is 0.412. The van der Waals surface area contributed by atoms with E-state index < -0.39 is 0 Å². The number of ether oxygens (including phenoxy) is 1. The molecule has 0 aliphatic carbocycles. The molecule has 1 aliphatic rings. The van der Waals surface area contributed by atoms with Gasteiger partial charge in [-0.3, -0.25) is 4.57 Å². The fourth-order valence-corrected chi connectivity index (χ4v) is 1.00. The van der Waals surface area contributed by atoms with Gasteiger partial charge >= 0.3 is 11.8 Å². The van der Waals surface area contributed by atoms with Crippen LogP contribution < -0.4 is 10.6 Å². The van der Waals surface area contributed by atoms with E-state index in [2.05, 4.69) is 11.4 Å². The molecule has 0 saturated carbocycles. The molecule has 6 heteroatoms. The van der Waals surface area contributed by atoms with Crippen molar-refractivity contribution in [2.24, 2.45) is 5.84 Å². The van der Waals surface area contributed by atoms with E-state index in [1.54, 1.807) is 4.57 Å². The molecule has 12 heavy (non-hydrogen) atoms. The number of nitrogens with two attached hydrogens (primary N) is 1. The predicted molar refractivity (Wildman–Crippen MR) is 38.4 cm³/mol. The zero-order chi connectivity index (χ0) is 8.55. The van der Waals surface area contributed by atoms with Crippen LogP contribution in [0, 0.1) is 11.3 Å². The van der Waals surface area contributed by atoms with E-state index in [-0.39, 0.29) is 10.7 Å². The number of hydrogen-bond acceptors (Lipinski definition) is 3. The number of imidazole rings is 1. The lowest BCUT2D eigenvalue weighted by molar-refractivity contribution is -0.478. The molecule has 0 atom stereocenters. The third kappa shape index (κ3) is 1.01. The largest absolute Gasteiger partial charge is 0.445 e. The summed E-state index contributed by atoms with van der Waals surface area (Å²) < 4.78 is 6.74. The van der Waals surface area contributed by atoms with Gasteiger partial charge in [0.05, 0.1) is 4.87 Å². The number of hydrogen-bond donors (Lipinski definition) is 1. The highest BCUT2D eigenvalue weighted by Crippen LogP contribution is 2.19. The van der Waals surface area contributed by atoms with Crippen LogP contribution in [0.1, 0.15) is 0 Å². The third-order valence-corrected chi connectivity index (χ3v) is 1.54. The Bertz CT molecular complexity index is 296. The molecular weight excluding hydrogens is 160 g/mol. The second kappa shape index (κ2) is 2.47. The average molecular weight is 167 g/mol. The Morgan fingerprint density at radius 1 is 1.83 bits per heavy atom. The maximum atomic E-state index is 10.6. The first kappa shape index (κ1) is 7.08. The van der Waals surface area contributed by atoms with Crippen LogP contribution >= 0.6 is 0 Å². The number of nitrogens with zero attached hydrogens (tertiary/aromatic N) is 3. The lowest BCUT2D eigenvalue weighted by atomic mass is 10.4. The van der Waals surface area contributed by atoms with Gasteiger partial charge in [0, 0.05) is 17.9 Å². The van der Waals surface area contributed by atoms with E-state index in [9.17, 15) is 4.91 Å². The van der Waals surface area contributed by atoms with E-state index in [0.29, 0.717) is 19.2 Å². The highest BCUT2D eigenvalue weighted by Gasteiger charge is 2.24. The molecular formula is C6H7N4O2+. The fourth-order valence-electron chi connectivity index (χ4n) is 1.00. The topological polar surface area (TPSA) is 73.2 Å². The van der Waals surface area contributed by atoms with Gasteiger partial charge in [-0.2, -0.15) is 0 Å². The van der Waals surface area contributed by atoms with Crippen molar-refractivity contribution in [1.29, 1.82) is 0 Å². The van der Waals surface area contributed by atoms with Crippen LogP contribution in [0.3, 0.4) is 0 Å². The SMILES string of the molecule is N[N+](=O)c1cn2c(n1)OC[C]C2. The summed E-state index contributed by atoms with van der Waals surface area (Å²) >= 11 is 0. The van der Waals surface area contributed by atoms with Crippen LogP contribution in [0.25, 0.3) is 0 Å². The lowest BCUT2D eigenvalue weighted by Gasteiger charge is -2.09. The Morgan fingerprint density at radius 3 is 3.33 bits per heavy atom. The van der Waals surface area contributed by atoms with Crippen LogP contribution in [-0.4, -0.2) is 21.0 Å². The molecule has 62 valence electrons. The van der Waals surface area contributed by atoms with Gasteiger partial charge in [-0.1, -0.05) is 0 Å². The maximum absolute atomic E-state index is 10.6. The van der Waals surface area contributed by atoms with Crippen molar-refractivity contribution in [3.63, 3.8) is 0 Å². The highest BCUT2D eigenvalue weighted by molar-refractivity contribution is 5.21. The molecule has 0 bridgehead atoms. The van der Waals surface area contributed by atoms with Crippen molar-refractivity contribution in [3.8, 4) is 6.01 Å². The normalized spacial score (nSPS) is 15.0. The molecule has 1 aliphatic heterocycles. The maximum Gasteiger partial charge on any atom is 0.414 e. The Hall–Kier alpha value is -1.59. The summed E-state index contributed by atoms with van der Waals surface area (Å²) in [6.45, 7) is 0.982. The Balaban J connectivity index is 2.38. The Kier molecular flexibility index (Phi) is 1.46. The summed E-state index contributed by atoms with van der Waals surface area (Å²) in [4.78, 5) is 14.6. The van der Waals surface area contributed by atoms with Gasteiger partial charge in [0.15, 0.2) is 0 Å². The first-order valence-electron chi connectivity index (χ1n) is 3.40. The number of aromatic nitrogens is 2. The van der Waals surface area contributed by atoms with Crippen molar-refractivity contribution < 1.29 is 9.61 Å². The molecule has 6 nitrogen and oxygen atoms in total. The molecule has 0 unspecified atom stereocenters. The monoisotopic (exact) mass is 167 g/mol. The smallest absolute Gasteiger partial charge is 0.414 e. The Morgan fingerprint density at radius 2 is 2.67 bits per heavy atom. The standard InChI is InChI=1S/C6H7N4O2/c7-10(11)5-4-9-2-1-3-12-6(9)8-5/h4H,2-3H2,(H2,7,11)/q+1. The van der Waals surface area contributed by atoms with Crippen molar-refractivity contribution in [1.82, 2.24) is 9.55 Å². The van der Waals surface area contributed by atoms with Crippen LogP contribution in [-0.2, 0) is 6.54 Å². The van der Waals surface area contributed by atoms with Gasteiger partial charge in [-0.05, 0) is 4.91 Å². The fraction of sp³-hybridized carbons (Fsp3) is 0.333. The number of rotatable bonds is 1. The van der Waals surface area contributed by atoms with E-state index >= 15 is 0 Å². The van der Waals surface area contributed by atoms with Crippen molar-refractivity contribution in [2.75, 3.05) is 6.61 Å². The summed E-state index contributed by atoms with van der Waals surface area (Å²) in [5.41, 5.74) is 0. The van der Waals surface area contributed by atoms with E-state index in [1.165, 1.54) is 6.20 Å². The molecule has 0 saturated heterocycles.